The Labute approximate surface area is 118 Å². The first-order valence-corrected chi connectivity index (χ1v) is 7.26. The maximum absolute atomic E-state index is 12.2. The van der Waals surface area contributed by atoms with Crippen LogP contribution in [0, 0.1) is 5.92 Å². The second-order valence-corrected chi connectivity index (χ2v) is 5.63. The third-order valence-corrected chi connectivity index (χ3v) is 4.20. The van der Waals surface area contributed by atoms with Crippen molar-refractivity contribution < 1.29 is 9.90 Å². The van der Waals surface area contributed by atoms with Gasteiger partial charge < -0.3 is 15.4 Å². The highest BCUT2D eigenvalue weighted by molar-refractivity contribution is 6.06. The summed E-state index contributed by atoms with van der Waals surface area (Å²) in [7, 11) is 0. The number of aliphatic hydroxyl groups excluding tert-OH is 1. The predicted molar refractivity (Wildman–Crippen MR) is 78.6 cm³/mol. The number of hydrogen-bond donors (Lipinski definition) is 3. The van der Waals surface area contributed by atoms with Gasteiger partial charge in [0.25, 0.3) is 5.91 Å². The van der Waals surface area contributed by atoms with Crippen molar-refractivity contribution >= 4 is 16.8 Å². The Balaban J connectivity index is 1.62. The minimum atomic E-state index is -0.143. The van der Waals surface area contributed by atoms with Crippen LogP contribution in [0.2, 0.25) is 0 Å². The first-order chi connectivity index (χ1) is 9.74. The molecule has 1 heterocycles. The van der Waals surface area contributed by atoms with Gasteiger partial charge in [0.2, 0.25) is 0 Å². The number of aromatic nitrogens is 1. The van der Waals surface area contributed by atoms with Gasteiger partial charge in [0.15, 0.2) is 0 Å². The Morgan fingerprint density at radius 3 is 2.80 bits per heavy atom. The number of hydrogen-bond acceptors (Lipinski definition) is 2. The highest BCUT2D eigenvalue weighted by atomic mass is 16.3. The Bertz CT molecular complexity index is 597. The molecule has 1 saturated carbocycles. The van der Waals surface area contributed by atoms with Crippen LogP contribution in [0.15, 0.2) is 30.5 Å². The normalized spacial score (nSPS) is 22.9. The van der Waals surface area contributed by atoms with E-state index in [0.717, 1.165) is 36.6 Å². The fourth-order valence-electron chi connectivity index (χ4n) is 2.94. The monoisotopic (exact) mass is 272 g/mol. The van der Waals surface area contributed by atoms with Gasteiger partial charge in [-0.25, -0.2) is 0 Å². The van der Waals surface area contributed by atoms with Crippen molar-refractivity contribution in [2.45, 2.75) is 31.8 Å². The molecule has 0 bridgehead atoms. The molecule has 0 atom stereocenters. The molecule has 3 N–H and O–H groups in total. The van der Waals surface area contributed by atoms with E-state index in [2.05, 4.69) is 10.3 Å². The largest absolute Gasteiger partial charge is 0.393 e. The number of aliphatic hydroxyl groups is 1. The van der Waals surface area contributed by atoms with E-state index in [1.54, 1.807) is 6.20 Å². The lowest BCUT2D eigenvalue weighted by Gasteiger charge is -2.25. The molecule has 4 nitrogen and oxygen atoms in total. The quantitative estimate of drug-likeness (QED) is 0.803. The summed E-state index contributed by atoms with van der Waals surface area (Å²) in [4.78, 5) is 15.4. The van der Waals surface area contributed by atoms with Gasteiger partial charge in [-0.05, 0) is 37.7 Å². The fraction of sp³-hybridized carbons (Fsp3) is 0.438. The summed E-state index contributed by atoms with van der Waals surface area (Å²) in [5, 5.41) is 13.5. The molecular formula is C16H20N2O2. The number of rotatable bonds is 3. The van der Waals surface area contributed by atoms with Crippen molar-refractivity contribution in [1.82, 2.24) is 10.3 Å². The third-order valence-electron chi connectivity index (χ3n) is 4.20. The van der Waals surface area contributed by atoms with Crippen molar-refractivity contribution in [3.8, 4) is 0 Å². The molecule has 20 heavy (non-hydrogen) atoms. The Kier molecular flexibility index (Phi) is 3.74. The van der Waals surface area contributed by atoms with Crippen LogP contribution in [-0.4, -0.2) is 28.6 Å². The number of fused-ring (bicyclic) bond motifs is 1. The second-order valence-electron chi connectivity index (χ2n) is 5.63. The SMILES string of the molecule is O=C(NCC1CCC(O)CC1)c1c[nH]c2ccccc12. The highest BCUT2D eigenvalue weighted by Gasteiger charge is 2.20. The van der Waals surface area contributed by atoms with E-state index in [-0.39, 0.29) is 12.0 Å². The van der Waals surface area contributed by atoms with Crippen molar-refractivity contribution in [2.75, 3.05) is 6.54 Å². The topological polar surface area (TPSA) is 65.1 Å². The fourth-order valence-corrected chi connectivity index (χ4v) is 2.94. The van der Waals surface area contributed by atoms with Gasteiger partial charge in [0, 0.05) is 23.6 Å². The summed E-state index contributed by atoms with van der Waals surface area (Å²) in [6, 6.07) is 7.82. The van der Waals surface area contributed by atoms with Crippen molar-refractivity contribution in [2.24, 2.45) is 5.92 Å². The molecule has 0 radical (unpaired) electrons. The summed E-state index contributed by atoms with van der Waals surface area (Å²) in [6.07, 6.45) is 5.33. The van der Waals surface area contributed by atoms with E-state index in [9.17, 15) is 9.90 Å². The van der Waals surface area contributed by atoms with Crippen LogP contribution in [0.3, 0.4) is 0 Å². The molecule has 1 aromatic carbocycles. The van der Waals surface area contributed by atoms with E-state index < -0.39 is 0 Å². The zero-order valence-electron chi connectivity index (χ0n) is 11.4. The van der Waals surface area contributed by atoms with Gasteiger partial charge in [-0.2, -0.15) is 0 Å². The highest BCUT2D eigenvalue weighted by Crippen LogP contribution is 2.24. The number of amides is 1. The summed E-state index contributed by atoms with van der Waals surface area (Å²) in [5.74, 6) is 0.473. The second kappa shape index (κ2) is 5.67. The first-order valence-electron chi connectivity index (χ1n) is 7.26. The van der Waals surface area contributed by atoms with Gasteiger partial charge in [-0.1, -0.05) is 18.2 Å². The maximum Gasteiger partial charge on any atom is 0.253 e. The van der Waals surface area contributed by atoms with Gasteiger partial charge in [0.1, 0.15) is 0 Å². The summed E-state index contributed by atoms with van der Waals surface area (Å²) < 4.78 is 0. The lowest BCUT2D eigenvalue weighted by molar-refractivity contribution is 0.0911. The van der Waals surface area contributed by atoms with Crippen molar-refractivity contribution in [1.29, 1.82) is 0 Å². The molecule has 1 amide bonds. The van der Waals surface area contributed by atoms with E-state index >= 15 is 0 Å². The molecule has 106 valence electrons. The predicted octanol–water partition coefficient (Wildman–Crippen LogP) is 2.45. The summed E-state index contributed by atoms with van der Waals surface area (Å²) in [5.41, 5.74) is 1.69. The molecule has 1 aromatic heterocycles. The van der Waals surface area contributed by atoms with E-state index in [4.69, 9.17) is 0 Å². The van der Waals surface area contributed by atoms with Crippen LogP contribution in [-0.2, 0) is 0 Å². The van der Waals surface area contributed by atoms with Crippen LogP contribution in [0.4, 0.5) is 0 Å². The molecule has 1 aliphatic rings. The van der Waals surface area contributed by atoms with Crippen LogP contribution >= 0.6 is 0 Å². The van der Waals surface area contributed by atoms with E-state index in [0.29, 0.717) is 18.0 Å². The molecule has 1 aliphatic carbocycles. The zero-order chi connectivity index (χ0) is 13.9. The van der Waals surface area contributed by atoms with Crippen LogP contribution in [0.5, 0.6) is 0 Å². The average molecular weight is 272 g/mol. The minimum Gasteiger partial charge on any atom is -0.393 e. The third kappa shape index (κ3) is 2.70. The van der Waals surface area contributed by atoms with Crippen molar-refractivity contribution in [3.63, 3.8) is 0 Å². The molecule has 4 heteroatoms. The zero-order valence-corrected chi connectivity index (χ0v) is 11.4. The van der Waals surface area contributed by atoms with Gasteiger partial charge in [-0.3, -0.25) is 4.79 Å². The maximum atomic E-state index is 12.2. The Morgan fingerprint density at radius 1 is 1.25 bits per heavy atom. The number of carbonyl (C=O) groups is 1. The molecule has 0 saturated heterocycles. The van der Waals surface area contributed by atoms with E-state index in [1.165, 1.54) is 0 Å². The van der Waals surface area contributed by atoms with Crippen LogP contribution in [0.1, 0.15) is 36.0 Å². The smallest absolute Gasteiger partial charge is 0.253 e. The Morgan fingerprint density at radius 2 is 2.00 bits per heavy atom. The molecule has 2 aromatic rings. The first kappa shape index (κ1) is 13.2. The van der Waals surface area contributed by atoms with Gasteiger partial charge >= 0.3 is 0 Å². The summed E-state index contributed by atoms with van der Waals surface area (Å²) in [6.45, 7) is 0.699. The van der Waals surface area contributed by atoms with Crippen LogP contribution < -0.4 is 5.32 Å². The number of H-pyrrole nitrogens is 1. The van der Waals surface area contributed by atoms with Gasteiger partial charge in [-0.15, -0.1) is 0 Å². The number of nitrogens with one attached hydrogen (secondary N) is 2. The van der Waals surface area contributed by atoms with Crippen molar-refractivity contribution in [3.05, 3.63) is 36.0 Å². The van der Waals surface area contributed by atoms with E-state index in [1.807, 2.05) is 24.3 Å². The lowest BCUT2D eigenvalue weighted by Crippen LogP contribution is -2.32. The molecule has 3 rings (SSSR count). The molecular weight excluding hydrogens is 252 g/mol. The van der Waals surface area contributed by atoms with Crippen LogP contribution in [0.25, 0.3) is 10.9 Å². The molecule has 0 spiro atoms. The number of benzene rings is 1. The standard InChI is InChI=1S/C16H20N2O2/c19-12-7-5-11(6-8-12)9-18-16(20)14-10-17-15-4-2-1-3-13(14)15/h1-4,10-12,17,19H,5-9H2,(H,18,20). The molecule has 0 aliphatic heterocycles. The molecule has 0 unspecified atom stereocenters. The lowest BCUT2D eigenvalue weighted by atomic mass is 9.87. The molecule has 1 fully saturated rings. The minimum absolute atomic E-state index is 0.0198. The summed E-state index contributed by atoms with van der Waals surface area (Å²) >= 11 is 0. The number of para-hydroxylation sites is 1. The number of aromatic amines is 1. The Hall–Kier alpha value is -1.81. The average Bonchev–Trinajstić information content (AvgIpc) is 2.90. The number of carbonyl (C=O) groups excluding carboxylic acids is 1. The van der Waals surface area contributed by atoms with Gasteiger partial charge in [0.05, 0.1) is 11.7 Å².